The molecule has 0 saturated carbocycles. The van der Waals surface area contributed by atoms with Crippen molar-refractivity contribution in [3.63, 3.8) is 0 Å². The molecular weight excluding hydrogens is 1390 g/mol. The van der Waals surface area contributed by atoms with Crippen molar-refractivity contribution in [2.24, 2.45) is 0 Å². The first-order chi connectivity index (χ1) is 52.2. The topological polar surface area (TPSA) is 231 Å². The Morgan fingerprint density at radius 2 is 0.495 bits per heavy atom. The summed E-state index contributed by atoms with van der Waals surface area (Å²) < 4.78 is 61.2. The third-order valence-corrected chi connectivity index (χ3v) is 19.1. The molecule has 0 bridgehead atoms. The van der Waals surface area contributed by atoms with Gasteiger partial charge in [0.25, 0.3) is 0 Å². The van der Waals surface area contributed by atoms with Crippen LogP contribution in [-0.2, 0) is 55.8 Å². The minimum absolute atomic E-state index is 0.0700. The summed E-state index contributed by atoms with van der Waals surface area (Å²) in [5, 5.41) is 20.7. The normalized spacial score (nSPS) is 14.7. The van der Waals surface area contributed by atoms with Crippen LogP contribution in [-0.4, -0.2) is 95.9 Å². The molecule has 0 saturated heterocycles. The lowest BCUT2D eigenvalue weighted by atomic mass is 10.0. The van der Waals surface area contributed by atoms with E-state index in [4.69, 9.17) is 32.3 Å². The van der Waals surface area contributed by atoms with Crippen LogP contribution < -0.4 is 0 Å². The van der Waals surface area contributed by atoms with E-state index in [9.17, 15) is 43.5 Å². The number of hydrogen-bond acceptors (Lipinski definition) is 14. The Bertz CT molecular complexity index is 2580. The highest BCUT2D eigenvalue weighted by Crippen LogP contribution is 2.45. The van der Waals surface area contributed by atoms with Crippen LogP contribution >= 0.6 is 15.6 Å². The zero-order valence-corrected chi connectivity index (χ0v) is 68.8. The molecule has 612 valence electrons. The molecule has 4 N–H and O–H groups in total. The van der Waals surface area contributed by atoms with Crippen molar-refractivity contribution in [2.75, 3.05) is 39.6 Å². The third-order valence-electron chi connectivity index (χ3n) is 17.2. The summed E-state index contributed by atoms with van der Waals surface area (Å²) in [4.78, 5) is 58.7. The van der Waals surface area contributed by atoms with Crippen LogP contribution in [0, 0.1) is 0 Å². The number of esters is 3. The van der Waals surface area contributed by atoms with Gasteiger partial charge in [-0.3, -0.25) is 32.5 Å². The number of allylic oxidation sites excluding steroid dienone is 26. The second-order valence-electron chi connectivity index (χ2n) is 27.5. The molecule has 0 spiro atoms. The second kappa shape index (κ2) is 80.7. The molecule has 0 amide bonds. The van der Waals surface area contributed by atoms with Crippen molar-refractivity contribution in [1.29, 1.82) is 0 Å². The Hall–Kier alpha value is -4.83. The zero-order valence-electron chi connectivity index (χ0n) is 67.0. The Morgan fingerprint density at radius 1 is 0.271 bits per heavy atom. The highest BCUT2D eigenvalue weighted by atomic mass is 31.2. The molecule has 0 heterocycles. The number of ether oxygens (including phenoxy) is 3. The van der Waals surface area contributed by atoms with Crippen LogP contribution in [0.2, 0.25) is 0 Å². The summed E-state index contributed by atoms with van der Waals surface area (Å²) in [6.45, 7) is 2.39. The third kappa shape index (κ3) is 82.0. The first kappa shape index (κ1) is 102. The van der Waals surface area contributed by atoms with E-state index in [2.05, 4.69) is 179 Å². The van der Waals surface area contributed by atoms with Gasteiger partial charge >= 0.3 is 33.6 Å². The number of aliphatic hydroxyl groups is 2. The lowest BCUT2D eigenvalue weighted by molar-refractivity contribution is -0.161. The van der Waals surface area contributed by atoms with E-state index in [0.717, 1.165) is 167 Å². The van der Waals surface area contributed by atoms with E-state index in [1.807, 2.05) is 0 Å². The Kier molecular flexibility index (Phi) is 77.0. The van der Waals surface area contributed by atoms with Crippen molar-refractivity contribution in [3.8, 4) is 0 Å². The number of rotatable bonds is 78. The highest BCUT2D eigenvalue weighted by molar-refractivity contribution is 7.47. The first-order valence-corrected chi connectivity index (χ1v) is 44.8. The zero-order chi connectivity index (χ0) is 78.0. The lowest BCUT2D eigenvalue weighted by Crippen LogP contribution is -2.30. The second-order valence-corrected chi connectivity index (χ2v) is 30.4. The average molecular weight is 1540 g/mol. The molecule has 0 radical (unpaired) electrons. The van der Waals surface area contributed by atoms with Gasteiger partial charge in [-0.2, -0.15) is 0 Å². The Labute approximate surface area is 650 Å². The molecule has 0 aliphatic rings. The fourth-order valence-corrected chi connectivity index (χ4v) is 12.5. The largest absolute Gasteiger partial charge is 0.472 e. The van der Waals surface area contributed by atoms with E-state index in [0.29, 0.717) is 19.3 Å². The standard InChI is InChI=1S/C89H150O16P2/c1-4-7-10-13-16-19-22-25-28-31-33-34-35-36-37-38-39-40-41-42-43-44-45-46-47-48-50-53-54-57-60-63-66-69-72-75-87(92)99-78-84(90)79-101-106(95,96)102-80-85(91)81-103-107(97,98)104-83-86(105-89(94)77-74-71-68-65-62-59-56-51-30-27-24-21-18-15-12-9-6-3)82-100-88(93)76-73-70-67-64-61-58-55-52-49-32-29-26-23-20-17-14-11-8-5-2/h7,9-10,12,16-21,25-30,33-34,36-37,39-40,49,52,56,59,84-86,90-91H,4-6,8,11,13-15,22-24,31-32,35,38,41-48,50-51,53-55,57-58,60-83H2,1-3H3,(H,95,96)(H,97,98)/b10-7-,12-9-,19-16-,20-17-,21-18-,28-25-,29-26-,30-27-,34-33-,37-36-,40-39-,52-49-,59-56-. The predicted octanol–water partition coefficient (Wildman–Crippen LogP) is 25.0. The van der Waals surface area contributed by atoms with Crippen molar-refractivity contribution >= 4 is 33.6 Å². The van der Waals surface area contributed by atoms with Gasteiger partial charge in [0.1, 0.15) is 25.4 Å². The molecule has 0 aromatic carbocycles. The lowest BCUT2D eigenvalue weighted by Gasteiger charge is -2.21. The number of carbonyl (C=O) groups is 3. The van der Waals surface area contributed by atoms with Gasteiger partial charge in [-0.25, -0.2) is 9.13 Å². The summed E-state index contributed by atoms with van der Waals surface area (Å²) in [7, 11) is -9.81. The fraction of sp³-hybridized carbons (Fsp3) is 0.674. The summed E-state index contributed by atoms with van der Waals surface area (Å²) in [6, 6.07) is 0. The molecule has 5 atom stereocenters. The molecular formula is C89H150O16P2. The van der Waals surface area contributed by atoms with E-state index in [-0.39, 0.29) is 19.3 Å². The molecule has 18 heteroatoms. The first-order valence-electron chi connectivity index (χ1n) is 41.8. The van der Waals surface area contributed by atoms with Gasteiger partial charge in [0.05, 0.1) is 26.4 Å². The van der Waals surface area contributed by atoms with Gasteiger partial charge in [0, 0.05) is 19.3 Å². The molecule has 5 unspecified atom stereocenters. The van der Waals surface area contributed by atoms with Gasteiger partial charge in [-0.1, -0.05) is 320 Å². The van der Waals surface area contributed by atoms with Crippen LogP contribution in [0.15, 0.2) is 158 Å². The quantitative estimate of drug-likeness (QED) is 0.0146. The predicted molar refractivity (Wildman–Crippen MR) is 445 cm³/mol. The van der Waals surface area contributed by atoms with Crippen LogP contribution in [0.3, 0.4) is 0 Å². The van der Waals surface area contributed by atoms with Gasteiger partial charge in [-0.05, 0) is 148 Å². The molecule has 0 rings (SSSR count). The van der Waals surface area contributed by atoms with Crippen LogP contribution in [0.5, 0.6) is 0 Å². The Morgan fingerprint density at radius 3 is 0.785 bits per heavy atom. The van der Waals surface area contributed by atoms with Crippen molar-refractivity contribution in [2.45, 2.75) is 347 Å². The van der Waals surface area contributed by atoms with Crippen molar-refractivity contribution < 1.29 is 75.8 Å². The van der Waals surface area contributed by atoms with Crippen LogP contribution in [0.1, 0.15) is 329 Å². The summed E-state index contributed by atoms with van der Waals surface area (Å²) >= 11 is 0. The molecule has 0 aromatic heterocycles. The molecule has 16 nitrogen and oxygen atoms in total. The SMILES string of the molecule is CC/C=C\C/C=C\C/C=C\C/C=C\C/C=C\C/C=C\CCCCCCCCCCCCCCCCCCC(=O)OCC(O)COP(=O)(O)OCC(O)COP(=O)(O)OCC(COC(=O)CCCCCCCC/C=C\C/C=C\C/C=C\CCCCC)OC(=O)CCCCCC/C=C\C/C=C\C/C=C\C/C=C\CC. The number of carbonyl (C=O) groups excluding carboxylic acids is 3. The minimum atomic E-state index is -4.95. The number of aliphatic hydroxyl groups excluding tert-OH is 2. The van der Waals surface area contributed by atoms with E-state index < -0.39 is 91.5 Å². The van der Waals surface area contributed by atoms with Gasteiger partial charge in [-0.15, -0.1) is 0 Å². The number of unbranched alkanes of at least 4 members (excludes halogenated alkanes) is 29. The van der Waals surface area contributed by atoms with E-state index in [1.165, 1.54) is 103 Å². The highest BCUT2D eigenvalue weighted by Gasteiger charge is 2.29. The monoisotopic (exact) mass is 1540 g/mol. The molecule has 0 fully saturated rings. The van der Waals surface area contributed by atoms with Crippen LogP contribution in [0.4, 0.5) is 0 Å². The van der Waals surface area contributed by atoms with Crippen molar-refractivity contribution in [3.05, 3.63) is 158 Å². The van der Waals surface area contributed by atoms with Crippen molar-refractivity contribution in [1.82, 2.24) is 0 Å². The molecule has 0 aliphatic carbocycles. The maximum atomic E-state index is 13.0. The molecule has 0 aliphatic heterocycles. The summed E-state index contributed by atoms with van der Waals surface area (Å²) in [5.74, 6) is -1.62. The molecule has 0 aromatic rings. The average Bonchev–Trinajstić information content (AvgIpc) is 0.907. The number of hydrogen-bond donors (Lipinski definition) is 4. The van der Waals surface area contributed by atoms with Gasteiger partial charge < -0.3 is 34.2 Å². The minimum Gasteiger partial charge on any atom is -0.463 e. The molecule has 107 heavy (non-hydrogen) atoms. The van der Waals surface area contributed by atoms with Gasteiger partial charge in [0.2, 0.25) is 0 Å². The summed E-state index contributed by atoms with van der Waals surface area (Å²) in [5.41, 5.74) is 0. The van der Waals surface area contributed by atoms with E-state index in [1.54, 1.807) is 0 Å². The Balaban J connectivity index is 4.47. The number of phosphoric acid groups is 2. The maximum Gasteiger partial charge on any atom is 0.472 e. The fourth-order valence-electron chi connectivity index (χ4n) is 10.9. The maximum absolute atomic E-state index is 13.0. The van der Waals surface area contributed by atoms with E-state index >= 15 is 0 Å². The summed E-state index contributed by atoms with van der Waals surface area (Å²) in [6.07, 6.45) is 102. The number of phosphoric ester groups is 2. The van der Waals surface area contributed by atoms with Gasteiger partial charge in [0.15, 0.2) is 6.10 Å². The van der Waals surface area contributed by atoms with Crippen LogP contribution in [0.25, 0.3) is 0 Å². The smallest absolute Gasteiger partial charge is 0.463 e.